The zero-order valence-corrected chi connectivity index (χ0v) is 14.1. The summed E-state index contributed by atoms with van der Waals surface area (Å²) >= 11 is 0. The topological polar surface area (TPSA) is 82.9 Å². The Balaban J connectivity index is 1.60. The minimum absolute atomic E-state index is 0.260. The number of furan rings is 1. The van der Waals surface area contributed by atoms with Crippen LogP contribution in [-0.2, 0) is 10.0 Å². The Morgan fingerprint density at radius 3 is 2.29 bits per heavy atom. The number of amides is 1. The molecule has 0 bridgehead atoms. The molecule has 0 unspecified atom stereocenters. The molecule has 0 aliphatic carbocycles. The first kappa shape index (κ1) is 16.5. The molecule has 1 amide bonds. The van der Waals surface area contributed by atoms with E-state index in [9.17, 15) is 13.2 Å². The number of rotatable bonds is 4. The van der Waals surface area contributed by atoms with Crippen LogP contribution in [0.2, 0.25) is 0 Å². The number of piperazine rings is 1. The zero-order chi connectivity index (χ0) is 17.2. The van der Waals surface area contributed by atoms with E-state index < -0.39 is 10.0 Å². The second-order valence-electron chi connectivity index (χ2n) is 5.63. The molecule has 0 atom stereocenters. The molecule has 1 fully saturated rings. The van der Waals surface area contributed by atoms with Crippen LogP contribution in [0.4, 0.5) is 11.4 Å². The Bertz CT molecular complexity index is 792. The van der Waals surface area contributed by atoms with Gasteiger partial charge in [0.25, 0.3) is 5.91 Å². The molecule has 1 aliphatic heterocycles. The summed E-state index contributed by atoms with van der Waals surface area (Å²) in [6.45, 7) is 2.25. The van der Waals surface area contributed by atoms with Gasteiger partial charge in [0, 0.05) is 37.6 Å². The maximum atomic E-state index is 11.9. The molecule has 2 heterocycles. The molecule has 1 saturated heterocycles. The third-order valence-electron chi connectivity index (χ3n) is 3.94. The van der Waals surface area contributed by atoms with Crippen LogP contribution in [0.15, 0.2) is 47.1 Å². The zero-order valence-electron chi connectivity index (χ0n) is 13.3. The quantitative estimate of drug-likeness (QED) is 0.907. The van der Waals surface area contributed by atoms with Crippen molar-refractivity contribution in [2.75, 3.05) is 42.7 Å². The summed E-state index contributed by atoms with van der Waals surface area (Å²) in [4.78, 5) is 14.0. The predicted octanol–water partition coefficient (Wildman–Crippen LogP) is 1.61. The molecule has 1 aromatic carbocycles. The van der Waals surface area contributed by atoms with Crippen LogP contribution < -0.4 is 10.2 Å². The van der Waals surface area contributed by atoms with Gasteiger partial charge in [-0.1, -0.05) is 0 Å². The molecule has 1 aliphatic rings. The van der Waals surface area contributed by atoms with Gasteiger partial charge in [-0.25, -0.2) is 8.42 Å². The first-order valence-electron chi connectivity index (χ1n) is 7.58. The van der Waals surface area contributed by atoms with Crippen molar-refractivity contribution in [2.45, 2.75) is 0 Å². The van der Waals surface area contributed by atoms with Gasteiger partial charge in [-0.2, -0.15) is 4.31 Å². The summed E-state index contributed by atoms with van der Waals surface area (Å²) in [7, 11) is -3.12. The van der Waals surface area contributed by atoms with Crippen molar-refractivity contribution < 1.29 is 17.6 Å². The van der Waals surface area contributed by atoms with E-state index in [1.165, 1.54) is 16.8 Å². The van der Waals surface area contributed by atoms with Crippen LogP contribution in [-0.4, -0.2) is 51.1 Å². The maximum Gasteiger partial charge on any atom is 0.291 e. The Hall–Kier alpha value is -2.32. The van der Waals surface area contributed by atoms with Gasteiger partial charge in [0.1, 0.15) is 0 Å². The molecule has 24 heavy (non-hydrogen) atoms. The van der Waals surface area contributed by atoms with Gasteiger partial charge >= 0.3 is 0 Å². The first-order valence-corrected chi connectivity index (χ1v) is 9.43. The lowest BCUT2D eigenvalue weighted by Gasteiger charge is -2.34. The summed E-state index contributed by atoms with van der Waals surface area (Å²) in [5.41, 5.74) is 1.68. The molecule has 7 nitrogen and oxygen atoms in total. The van der Waals surface area contributed by atoms with E-state index >= 15 is 0 Å². The third-order valence-corrected chi connectivity index (χ3v) is 5.25. The molecule has 1 aromatic heterocycles. The van der Waals surface area contributed by atoms with Crippen LogP contribution in [0.5, 0.6) is 0 Å². The van der Waals surface area contributed by atoms with E-state index in [1.54, 1.807) is 12.1 Å². The highest BCUT2D eigenvalue weighted by molar-refractivity contribution is 7.88. The molecular weight excluding hydrogens is 330 g/mol. The maximum absolute atomic E-state index is 11.9. The van der Waals surface area contributed by atoms with Gasteiger partial charge in [-0.15, -0.1) is 0 Å². The third kappa shape index (κ3) is 3.77. The van der Waals surface area contributed by atoms with Crippen LogP contribution in [0.25, 0.3) is 0 Å². The van der Waals surface area contributed by atoms with Crippen molar-refractivity contribution in [3.8, 4) is 0 Å². The van der Waals surface area contributed by atoms with Crippen LogP contribution >= 0.6 is 0 Å². The standard InChI is InChI=1S/C16H19N3O4S/c1-24(21,22)19-10-8-18(9-11-19)14-6-4-13(5-7-14)17-16(20)15-3-2-12-23-15/h2-7,12H,8-11H2,1H3,(H,17,20). The number of sulfonamides is 1. The molecule has 8 heteroatoms. The summed E-state index contributed by atoms with van der Waals surface area (Å²) in [6.07, 6.45) is 2.69. The minimum Gasteiger partial charge on any atom is -0.459 e. The second kappa shape index (κ2) is 6.66. The summed E-state index contributed by atoms with van der Waals surface area (Å²) in [5, 5.41) is 2.76. The highest BCUT2D eigenvalue weighted by Crippen LogP contribution is 2.20. The van der Waals surface area contributed by atoms with Gasteiger partial charge in [-0.3, -0.25) is 4.79 Å². The van der Waals surface area contributed by atoms with Gasteiger partial charge in [0.2, 0.25) is 10.0 Å². The number of benzene rings is 1. The van der Waals surface area contributed by atoms with E-state index in [4.69, 9.17) is 4.42 Å². The number of nitrogens with one attached hydrogen (secondary N) is 1. The van der Waals surface area contributed by atoms with E-state index in [2.05, 4.69) is 10.2 Å². The Morgan fingerprint density at radius 2 is 1.75 bits per heavy atom. The van der Waals surface area contributed by atoms with Crippen molar-refractivity contribution in [1.82, 2.24) is 4.31 Å². The number of carbonyl (C=O) groups is 1. The van der Waals surface area contributed by atoms with E-state index in [0.29, 0.717) is 31.9 Å². The fourth-order valence-corrected chi connectivity index (χ4v) is 3.46. The largest absolute Gasteiger partial charge is 0.459 e. The van der Waals surface area contributed by atoms with Crippen molar-refractivity contribution in [3.63, 3.8) is 0 Å². The van der Waals surface area contributed by atoms with Crippen molar-refractivity contribution >= 4 is 27.3 Å². The summed E-state index contributed by atoms with van der Waals surface area (Å²) < 4.78 is 29.6. The number of carbonyl (C=O) groups excluding carboxylic acids is 1. The Kier molecular flexibility index (Phi) is 4.59. The molecular formula is C16H19N3O4S. The Morgan fingerprint density at radius 1 is 1.08 bits per heavy atom. The van der Waals surface area contributed by atoms with Crippen LogP contribution in [0.3, 0.4) is 0 Å². The Labute approximate surface area is 140 Å². The van der Waals surface area contributed by atoms with E-state index in [0.717, 1.165) is 5.69 Å². The van der Waals surface area contributed by atoms with Gasteiger partial charge in [0.05, 0.1) is 12.5 Å². The summed E-state index contributed by atoms with van der Waals surface area (Å²) in [6, 6.07) is 10.7. The molecule has 0 spiro atoms. The van der Waals surface area contributed by atoms with Crippen molar-refractivity contribution in [1.29, 1.82) is 0 Å². The average molecular weight is 349 g/mol. The monoisotopic (exact) mass is 349 g/mol. The number of nitrogens with zero attached hydrogens (tertiary/aromatic N) is 2. The highest BCUT2D eigenvalue weighted by atomic mass is 32.2. The van der Waals surface area contributed by atoms with Crippen molar-refractivity contribution in [2.24, 2.45) is 0 Å². The van der Waals surface area contributed by atoms with E-state index in [1.807, 2.05) is 24.3 Å². The molecule has 2 aromatic rings. The van der Waals surface area contributed by atoms with Gasteiger partial charge in [-0.05, 0) is 36.4 Å². The van der Waals surface area contributed by atoms with Gasteiger partial charge in [0.15, 0.2) is 5.76 Å². The van der Waals surface area contributed by atoms with Crippen molar-refractivity contribution in [3.05, 3.63) is 48.4 Å². The van der Waals surface area contributed by atoms with Crippen LogP contribution in [0, 0.1) is 0 Å². The SMILES string of the molecule is CS(=O)(=O)N1CCN(c2ccc(NC(=O)c3ccco3)cc2)CC1. The molecule has 0 radical (unpaired) electrons. The number of hydrogen-bond acceptors (Lipinski definition) is 5. The predicted molar refractivity (Wildman–Crippen MR) is 91.7 cm³/mol. The first-order chi connectivity index (χ1) is 11.4. The molecule has 3 rings (SSSR count). The van der Waals surface area contributed by atoms with Crippen LogP contribution in [0.1, 0.15) is 10.6 Å². The van der Waals surface area contributed by atoms with Gasteiger partial charge < -0.3 is 14.6 Å². The molecule has 128 valence electrons. The summed E-state index contributed by atoms with van der Waals surface area (Å²) in [5.74, 6) is -0.0366. The lowest BCUT2D eigenvalue weighted by Crippen LogP contribution is -2.48. The molecule has 0 saturated carbocycles. The lowest BCUT2D eigenvalue weighted by molar-refractivity contribution is 0.0996. The smallest absolute Gasteiger partial charge is 0.291 e. The second-order valence-corrected chi connectivity index (χ2v) is 7.61. The molecule has 1 N–H and O–H groups in total. The minimum atomic E-state index is -3.12. The fraction of sp³-hybridized carbons (Fsp3) is 0.312. The normalized spacial score (nSPS) is 16.1. The highest BCUT2D eigenvalue weighted by Gasteiger charge is 2.23. The number of anilines is 2. The average Bonchev–Trinajstić information content (AvgIpc) is 3.09. The lowest BCUT2D eigenvalue weighted by atomic mass is 10.2. The number of hydrogen-bond donors (Lipinski definition) is 1. The fourth-order valence-electron chi connectivity index (χ4n) is 2.63. The van der Waals surface area contributed by atoms with E-state index in [-0.39, 0.29) is 11.7 Å².